The van der Waals surface area contributed by atoms with Crippen LogP contribution in [0.1, 0.15) is 34.9 Å². The first kappa shape index (κ1) is 13.3. The number of rotatable bonds is 3. The van der Waals surface area contributed by atoms with Crippen molar-refractivity contribution in [3.63, 3.8) is 0 Å². The van der Waals surface area contributed by atoms with Gasteiger partial charge in [-0.1, -0.05) is 23.2 Å². The number of hydrogen-bond donors (Lipinski definition) is 1. The van der Waals surface area contributed by atoms with Gasteiger partial charge in [-0.25, -0.2) is 9.97 Å². The van der Waals surface area contributed by atoms with Gasteiger partial charge >= 0.3 is 0 Å². The fourth-order valence-electron chi connectivity index (χ4n) is 1.84. The summed E-state index contributed by atoms with van der Waals surface area (Å²) in [7, 11) is 0. The van der Waals surface area contributed by atoms with E-state index in [4.69, 9.17) is 23.2 Å². The van der Waals surface area contributed by atoms with Crippen molar-refractivity contribution < 1.29 is 4.79 Å². The van der Waals surface area contributed by atoms with Crippen LogP contribution in [0, 0.1) is 0 Å². The van der Waals surface area contributed by atoms with Crippen LogP contribution in [0.3, 0.4) is 0 Å². The van der Waals surface area contributed by atoms with E-state index < -0.39 is 0 Å². The van der Waals surface area contributed by atoms with Gasteiger partial charge in [0.15, 0.2) is 0 Å². The lowest BCUT2D eigenvalue weighted by Crippen LogP contribution is -2.13. The molecular formula is C14H11Cl2N3O. The van der Waals surface area contributed by atoms with Crippen LogP contribution in [0.25, 0.3) is 0 Å². The van der Waals surface area contributed by atoms with Crippen LogP contribution >= 0.6 is 23.2 Å². The minimum Gasteiger partial charge on any atom is -0.322 e. The number of hydrogen-bond acceptors (Lipinski definition) is 3. The van der Waals surface area contributed by atoms with Crippen molar-refractivity contribution in [2.45, 2.75) is 18.8 Å². The van der Waals surface area contributed by atoms with Gasteiger partial charge in [0.1, 0.15) is 5.82 Å². The Morgan fingerprint density at radius 1 is 1.10 bits per heavy atom. The largest absolute Gasteiger partial charge is 0.322 e. The fourth-order valence-corrected chi connectivity index (χ4v) is 2.36. The molecule has 0 spiro atoms. The third-order valence-corrected chi connectivity index (χ3v) is 3.43. The molecule has 0 saturated heterocycles. The Balaban J connectivity index is 1.74. The molecule has 1 aliphatic rings. The molecule has 3 rings (SSSR count). The van der Waals surface area contributed by atoms with E-state index >= 15 is 0 Å². The molecule has 0 unspecified atom stereocenters. The Hall–Kier alpha value is -1.65. The zero-order valence-electron chi connectivity index (χ0n) is 10.4. The Morgan fingerprint density at radius 3 is 2.25 bits per heavy atom. The lowest BCUT2D eigenvalue weighted by molar-refractivity contribution is 0.102. The quantitative estimate of drug-likeness (QED) is 0.935. The molecule has 2 aromatic rings. The predicted molar refractivity (Wildman–Crippen MR) is 78.4 cm³/mol. The summed E-state index contributed by atoms with van der Waals surface area (Å²) in [6, 6.07) is 4.86. The van der Waals surface area contributed by atoms with E-state index in [1.807, 2.05) is 0 Å². The molecule has 1 fully saturated rings. The van der Waals surface area contributed by atoms with Crippen molar-refractivity contribution in [3.8, 4) is 0 Å². The molecule has 4 nitrogen and oxygen atoms in total. The molecular weight excluding hydrogens is 297 g/mol. The summed E-state index contributed by atoms with van der Waals surface area (Å²) in [6.07, 6.45) is 5.35. The van der Waals surface area contributed by atoms with Gasteiger partial charge in [-0.3, -0.25) is 4.79 Å². The second-order valence-electron chi connectivity index (χ2n) is 4.72. The maximum atomic E-state index is 12.1. The highest BCUT2D eigenvalue weighted by Crippen LogP contribution is 2.37. The van der Waals surface area contributed by atoms with Crippen molar-refractivity contribution >= 4 is 34.8 Å². The highest BCUT2D eigenvalue weighted by Gasteiger charge is 2.26. The van der Waals surface area contributed by atoms with Crippen molar-refractivity contribution in [1.82, 2.24) is 9.97 Å². The molecule has 6 heteroatoms. The number of benzene rings is 1. The smallest absolute Gasteiger partial charge is 0.258 e. The maximum absolute atomic E-state index is 12.1. The van der Waals surface area contributed by atoms with Gasteiger partial charge in [0.2, 0.25) is 0 Å². The molecule has 1 aromatic carbocycles. The Labute approximate surface area is 126 Å². The molecule has 1 N–H and O–H groups in total. The minimum atomic E-state index is -0.286. The summed E-state index contributed by atoms with van der Waals surface area (Å²) in [5.41, 5.74) is 0.948. The van der Waals surface area contributed by atoms with E-state index in [-0.39, 0.29) is 5.91 Å². The lowest BCUT2D eigenvalue weighted by atomic mass is 10.2. The van der Waals surface area contributed by atoms with E-state index in [9.17, 15) is 4.79 Å². The van der Waals surface area contributed by atoms with Crippen LogP contribution in [-0.2, 0) is 0 Å². The second-order valence-corrected chi connectivity index (χ2v) is 5.59. The van der Waals surface area contributed by atoms with Gasteiger partial charge in [0.25, 0.3) is 5.91 Å². The fraction of sp³-hybridized carbons (Fsp3) is 0.214. The molecule has 102 valence electrons. The number of halogens is 2. The van der Waals surface area contributed by atoms with Crippen molar-refractivity contribution in [2.24, 2.45) is 0 Å². The van der Waals surface area contributed by atoms with Crippen LogP contribution in [0.2, 0.25) is 10.0 Å². The highest BCUT2D eigenvalue weighted by atomic mass is 35.5. The molecule has 1 saturated carbocycles. The molecule has 1 aliphatic carbocycles. The average molecular weight is 308 g/mol. The SMILES string of the molecule is O=C(Nc1cc(Cl)cc(Cl)c1)c1cnc(C2CC2)nc1. The zero-order valence-corrected chi connectivity index (χ0v) is 11.9. The summed E-state index contributed by atoms with van der Waals surface area (Å²) in [6.45, 7) is 0. The first-order valence-corrected chi connectivity index (χ1v) is 6.97. The van der Waals surface area contributed by atoms with Crippen molar-refractivity contribution in [3.05, 3.63) is 52.0 Å². The molecule has 0 bridgehead atoms. The topological polar surface area (TPSA) is 54.9 Å². The molecule has 20 heavy (non-hydrogen) atoms. The number of carbonyl (C=O) groups is 1. The van der Waals surface area contributed by atoms with Gasteiger partial charge in [0, 0.05) is 34.0 Å². The van der Waals surface area contributed by atoms with E-state index in [2.05, 4.69) is 15.3 Å². The summed E-state index contributed by atoms with van der Waals surface area (Å²) >= 11 is 11.8. The normalized spacial score (nSPS) is 14.1. The number of nitrogens with zero attached hydrogens (tertiary/aromatic N) is 2. The van der Waals surface area contributed by atoms with Gasteiger partial charge in [-0.2, -0.15) is 0 Å². The van der Waals surface area contributed by atoms with Crippen LogP contribution in [0.15, 0.2) is 30.6 Å². The first-order chi connectivity index (χ1) is 9.61. The standard InChI is InChI=1S/C14H11Cl2N3O/c15-10-3-11(16)5-12(4-10)19-14(20)9-6-17-13(18-7-9)8-1-2-8/h3-8H,1-2H2,(H,19,20). The van der Waals surface area contributed by atoms with Gasteiger partial charge in [-0.05, 0) is 31.0 Å². The van der Waals surface area contributed by atoms with Gasteiger partial charge < -0.3 is 5.32 Å². The number of aromatic nitrogens is 2. The Morgan fingerprint density at radius 2 is 1.70 bits per heavy atom. The van der Waals surface area contributed by atoms with Crippen LogP contribution in [0.4, 0.5) is 5.69 Å². The monoisotopic (exact) mass is 307 g/mol. The summed E-state index contributed by atoms with van der Waals surface area (Å²) < 4.78 is 0. The molecule has 1 amide bonds. The summed E-state index contributed by atoms with van der Waals surface area (Å²) in [4.78, 5) is 20.5. The Bertz CT molecular complexity index is 634. The van der Waals surface area contributed by atoms with Crippen molar-refractivity contribution in [1.29, 1.82) is 0 Å². The minimum absolute atomic E-state index is 0.286. The van der Waals surface area contributed by atoms with Gasteiger partial charge in [-0.15, -0.1) is 0 Å². The second kappa shape index (κ2) is 5.38. The number of carbonyl (C=O) groups excluding carboxylic acids is 1. The average Bonchev–Trinajstić information content (AvgIpc) is 3.22. The van der Waals surface area contributed by atoms with E-state index in [1.54, 1.807) is 30.6 Å². The van der Waals surface area contributed by atoms with Crippen LogP contribution in [-0.4, -0.2) is 15.9 Å². The van der Waals surface area contributed by atoms with E-state index in [0.717, 1.165) is 18.7 Å². The molecule has 1 aromatic heterocycles. The predicted octanol–water partition coefficient (Wildman–Crippen LogP) is 3.91. The third-order valence-electron chi connectivity index (χ3n) is 3.00. The highest BCUT2D eigenvalue weighted by molar-refractivity contribution is 6.35. The van der Waals surface area contributed by atoms with E-state index in [0.29, 0.717) is 27.2 Å². The van der Waals surface area contributed by atoms with Gasteiger partial charge in [0.05, 0.1) is 5.56 Å². The van der Waals surface area contributed by atoms with Crippen LogP contribution < -0.4 is 5.32 Å². The lowest BCUT2D eigenvalue weighted by Gasteiger charge is -2.06. The Kier molecular flexibility index (Phi) is 3.59. The summed E-state index contributed by atoms with van der Waals surface area (Å²) in [5.74, 6) is 0.997. The molecule has 0 radical (unpaired) electrons. The van der Waals surface area contributed by atoms with Crippen LogP contribution in [0.5, 0.6) is 0 Å². The van der Waals surface area contributed by atoms with Crippen molar-refractivity contribution in [2.75, 3.05) is 5.32 Å². The zero-order chi connectivity index (χ0) is 14.1. The third kappa shape index (κ3) is 3.08. The number of anilines is 1. The molecule has 0 aliphatic heterocycles. The van der Waals surface area contributed by atoms with E-state index in [1.165, 1.54) is 0 Å². The maximum Gasteiger partial charge on any atom is 0.258 e. The molecule has 1 heterocycles. The number of nitrogens with one attached hydrogen (secondary N) is 1. The summed E-state index contributed by atoms with van der Waals surface area (Å²) in [5, 5.41) is 3.65. The number of amides is 1. The molecule has 0 atom stereocenters. The first-order valence-electron chi connectivity index (χ1n) is 6.21.